The summed E-state index contributed by atoms with van der Waals surface area (Å²) in [4.78, 5) is 24.5. The van der Waals surface area contributed by atoms with Crippen LogP contribution < -0.4 is 0 Å². The largest absolute Gasteiger partial charge is 0.462 e. The minimum Gasteiger partial charge on any atom is -0.462 e. The Morgan fingerprint density at radius 1 is 0.667 bits per heavy atom. The molecule has 0 aromatic heterocycles. The van der Waals surface area contributed by atoms with Crippen molar-refractivity contribution >= 4 is 11.9 Å². The van der Waals surface area contributed by atoms with E-state index in [-0.39, 0.29) is 6.61 Å². The molecule has 136 valence electrons. The number of benzene rings is 3. The molecule has 27 heavy (non-hydrogen) atoms. The van der Waals surface area contributed by atoms with E-state index >= 15 is 0 Å². The summed E-state index contributed by atoms with van der Waals surface area (Å²) in [5.41, 5.74) is 1.84. The van der Waals surface area contributed by atoms with Gasteiger partial charge in [0.2, 0.25) is 0 Å². The molecule has 0 saturated carbocycles. The summed E-state index contributed by atoms with van der Waals surface area (Å²) in [6.07, 6.45) is -0.122. The van der Waals surface area contributed by atoms with Crippen molar-refractivity contribution in [3.05, 3.63) is 108 Å². The van der Waals surface area contributed by atoms with E-state index in [2.05, 4.69) is 0 Å². The SMILES string of the molecule is O=C(OCCC(OC(=O)c1ccccc1)c1ccccc1)c1ccccc1. The van der Waals surface area contributed by atoms with Gasteiger partial charge < -0.3 is 9.47 Å². The van der Waals surface area contributed by atoms with Gasteiger partial charge in [0.05, 0.1) is 17.7 Å². The van der Waals surface area contributed by atoms with E-state index in [1.807, 2.05) is 42.5 Å². The molecule has 0 heterocycles. The Labute approximate surface area is 158 Å². The summed E-state index contributed by atoms with van der Waals surface area (Å²) >= 11 is 0. The van der Waals surface area contributed by atoms with Crippen LogP contribution >= 0.6 is 0 Å². The molecule has 0 fully saturated rings. The first-order chi connectivity index (χ1) is 13.2. The number of hydrogen-bond acceptors (Lipinski definition) is 4. The second-order valence-electron chi connectivity index (χ2n) is 5.96. The number of hydrogen-bond donors (Lipinski definition) is 0. The van der Waals surface area contributed by atoms with Crippen LogP contribution in [-0.2, 0) is 9.47 Å². The zero-order chi connectivity index (χ0) is 18.9. The van der Waals surface area contributed by atoms with E-state index < -0.39 is 18.0 Å². The van der Waals surface area contributed by atoms with E-state index in [4.69, 9.17) is 9.47 Å². The molecule has 0 radical (unpaired) electrons. The molecule has 0 saturated heterocycles. The average Bonchev–Trinajstić information content (AvgIpc) is 2.74. The molecule has 0 spiro atoms. The fourth-order valence-electron chi connectivity index (χ4n) is 2.65. The molecule has 0 aliphatic carbocycles. The van der Waals surface area contributed by atoms with E-state index in [1.165, 1.54) is 0 Å². The predicted octanol–water partition coefficient (Wildman–Crippen LogP) is 4.83. The Hall–Kier alpha value is -3.40. The Bertz CT molecular complexity index is 861. The van der Waals surface area contributed by atoms with Gasteiger partial charge in [-0.25, -0.2) is 9.59 Å². The Morgan fingerprint density at radius 3 is 1.70 bits per heavy atom. The maximum atomic E-state index is 12.4. The van der Waals surface area contributed by atoms with Crippen LogP contribution in [0.15, 0.2) is 91.0 Å². The summed E-state index contributed by atoms with van der Waals surface area (Å²) in [6.45, 7) is 0.148. The molecule has 0 bridgehead atoms. The van der Waals surface area contributed by atoms with Gasteiger partial charge in [-0.2, -0.15) is 0 Å². The first-order valence-corrected chi connectivity index (χ1v) is 8.77. The predicted molar refractivity (Wildman–Crippen MR) is 102 cm³/mol. The zero-order valence-electron chi connectivity index (χ0n) is 14.8. The van der Waals surface area contributed by atoms with Crippen molar-refractivity contribution in [3.8, 4) is 0 Å². The lowest BCUT2D eigenvalue weighted by Gasteiger charge is -2.18. The van der Waals surface area contributed by atoms with Crippen LogP contribution in [-0.4, -0.2) is 18.5 Å². The van der Waals surface area contributed by atoms with Crippen LogP contribution in [0.2, 0.25) is 0 Å². The third-order valence-electron chi connectivity index (χ3n) is 4.05. The molecule has 0 aliphatic rings. The van der Waals surface area contributed by atoms with Gasteiger partial charge >= 0.3 is 11.9 Å². The van der Waals surface area contributed by atoms with E-state index in [1.54, 1.807) is 48.5 Å². The van der Waals surface area contributed by atoms with Crippen molar-refractivity contribution in [1.29, 1.82) is 0 Å². The van der Waals surface area contributed by atoms with Crippen molar-refractivity contribution in [2.45, 2.75) is 12.5 Å². The highest BCUT2D eigenvalue weighted by atomic mass is 16.6. The molecule has 4 nitrogen and oxygen atoms in total. The highest BCUT2D eigenvalue weighted by molar-refractivity contribution is 5.90. The average molecular weight is 360 g/mol. The van der Waals surface area contributed by atoms with Gasteiger partial charge in [0.1, 0.15) is 6.10 Å². The van der Waals surface area contributed by atoms with Crippen molar-refractivity contribution < 1.29 is 19.1 Å². The van der Waals surface area contributed by atoms with Crippen LogP contribution in [0.5, 0.6) is 0 Å². The monoisotopic (exact) mass is 360 g/mol. The standard InChI is InChI=1S/C23H20O4/c24-22(19-12-6-2-7-13-19)26-17-16-21(18-10-4-1-5-11-18)27-23(25)20-14-8-3-9-15-20/h1-15,21H,16-17H2. The molecule has 3 rings (SSSR count). The highest BCUT2D eigenvalue weighted by Crippen LogP contribution is 2.23. The maximum Gasteiger partial charge on any atom is 0.338 e. The molecule has 1 atom stereocenters. The summed E-state index contributed by atoms with van der Waals surface area (Å²) in [5.74, 6) is -0.796. The number of rotatable bonds is 7. The minimum absolute atomic E-state index is 0.148. The topological polar surface area (TPSA) is 52.6 Å². The Kier molecular flexibility index (Phi) is 6.36. The van der Waals surface area contributed by atoms with Crippen LogP contribution in [0, 0.1) is 0 Å². The molecule has 4 heteroatoms. The molecular formula is C23H20O4. The highest BCUT2D eigenvalue weighted by Gasteiger charge is 2.19. The lowest BCUT2D eigenvalue weighted by Crippen LogP contribution is -2.15. The second kappa shape index (κ2) is 9.34. The molecular weight excluding hydrogens is 340 g/mol. The smallest absolute Gasteiger partial charge is 0.338 e. The summed E-state index contributed by atoms with van der Waals surface area (Å²) < 4.78 is 11.0. The second-order valence-corrected chi connectivity index (χ2v) is 5.96. The molecule has 0 amide bonds. The van der Waals surface area contributed by atoms with Crippen LogP contribution in [0.4, 0.5) is 0 Å². The quantitative estimate of drug-likeness (QED) is 0.566. The molecule has 1 unspecified atom stereocenters. The van der Waals surface area contributed by atoms with Gasteiger partial charge in [-0.3, -0.25) is 0 Å². The number of carbonyl (C=O) groups is 2. The molecule has 3 aromatic rings. The first kappa shape index (κ1) is 18.4. The first-order valence-electron chi connectivity index (χ1n) is 8.77. The van der Waals surface area contributed by atoms with Gasteiger partial charge in [-0.1, -0.05) is 66.7 Å². The van der Waals surface area contributed by atoms with Crippen molar-refractivity contribution in [2.24, 2.45) is 0 Å². The van der Waals surface area contributed by atoms with Crippen molar-refractivity contribution in [1.82, 2.24) is 0 Å². The lowest BCUT2D eigenvalue weighted by molar-refractivity contribution is 0.0179. The summed E-state index contributed by atoms with van der Waals surface area (Å²) in [5, 5.41) is 0. The van der Waals surface area contributed by atoms with Gasteiger partial charge in [-0.05, 0) is 29.8 Å². The van der Waals surface area contributed by atoms with Crippen molar-refractivity contribution in [3.63, 3.8) is 0 Å². The summed E-state index contributed by atoms with van der Waals surface area (Å²) in [6, 6.07) is 27.1. The van der Waals surface area contributed by atoms with Crippen LogP contribution in [0.3, 0.4) is 0 Å². The van der Waals surface area contributed by atoms with Crippen LogP contribution in [0.25, 0.3) is 0 Å². The number of carbonyl (C=O) groups excluding carboxylic acids is 2. The fraction of sp³-hybridized carbons (Fsp3) is 0.130. The minimum atomic E-state index is -0.498. The fourth-order valence-corrected chi connectivity index (χ4v) is 2.65. The normalized spacial score (nSPS) is 11.4. The van der Waals surface area contributed by atoms with Gasteiger partial charge in [0.15, 0.2) is 0 Å². The van der Waals surface area contributed by atoms with E-state index in [0.29, 0.717) is 17.5 Å². The number of ether oxygens (including phenoxy) is 2. The zero-order valence-corrected chi connectivity index (χ0v) is 14.8. The van der Waals surface area contributed by atoms with Gasteiger partial charge in [-0.15, -0.1) is 0 Å². The molecule has 0 N–H and O–H groups in total. The third kappa shape index (κ3) is 5.28. The molecule has 3 aromatic carbocycles. The van der Waals surface area contributed by atoms with E-state index in [9.17, 15) is 9.59 Å². The van der Waals surface area contributed by atoms with Gasteiger partial charge in [0, 0.05) is 6.42 Å². The Balaban J connectivity index is 1.64. The van der Waals surface area contributed by atoms with Crippen LogP contribution in [0.1, 0.15) is 38.8 Å². The lowest BCUT2D eigenvalue weighted by atomic mass is 10.1. The maximum absolute atomic E-state index is 12.4. The Morgan fingerprint density at radius 2 is 1.15 bits per heavy atom. The van der Waals surface area contributed by atoms with E-state index in [0.717, 1.165) is 5.56 Å². The molecule has 0 aliphatic heterocycles. The van der Waals surface area contributed by atoms with Crippen molar-refractivity contribution in [2.75, 3.05) is 6.61 Å². The number of esters is 2. The van der Waals surface area contributed by atoms with Gasteiger partial charge in [0.25, 0.3) is 0 Å². The summed E-state index contributed by atoms with van der Waals surface area (Å²) in [7, 11) is 0. The third-order valence-corrected chi connectivity index (χ3v) is 4.05.